The lowest BCUT2D eigenvalue weighted by atomic mass is 10.0. The minimum atomic E-state index is -2.39. The van der Waals surface area contributed by atoms with Crippen LogP contribution in [0, 0.1) is 0 Å². The van der Waals surface area contributed by atoms with Crippen LogP contribution in [0.5, 0.6) is 0 Å². The normalized spacial score (nSPS) is 38.1. The number of carbonyl (C=O) groups excluding carboxylic acids is 1. The van der Waals surface area contributed by atoms with Gasteiger partial charge in [-0.05, 0) is 0 Å². The van der Waals surface area contributed by atoms with Gasteiger partial charge in [-0.3, -0.25) is 0 Å². The zero-order valence-corrected chi connectivity index (χ0v) is 8.15. The van der Waals surface area contributed by atoms with Crippen LogP contribution in [0.1, 0.15) is 0 Å². The van der Waals surface area contributed by atoms with Crippen LogP contribution in [0.15, 0.2) is 0 Å². The van der Waals surface area contributed by atoms with Crippen LogP contribution in [-0.2, 0) is 4.74 Å². The average Bonchev–Trinajstić information content (AvgIpc) is 2.45. The van der Waals surface area contributed by atoms with Gasteiger partial charge in [0.15, 0.2) is 12.0 Å². The van der Waals surface area contributed by atoms with Crippen LogP contribution < -0.4 is 11.1 Å². The summed E-state index contributed by atoms with van der Waals surface area (Å²) >= 11 is 0. The van der Waals surface area contributed by atoms with Gasteiger partial charge >= 0.3 is 6.03 Å². The first-order valence-corrected chi connectivity index (χ1v) is 4.42. The fourth-order valence-electron chi connectivity index (χ4n) is 1.47. The first-order chi connectivity index (χ1) is 7.31. The molecule has 0 aromatic rings. The Balaban J connectivity index is 2.85. The molecule has 16 heavy (non-hydrogen) atoms. The van der Waals surface area contributed by atoms with Gasteiger partial charge < -0.3 is 41.3 Å². The number of ether oxygens (including phenoxy) is 1. The number of rotatable bonds is 3. The van der Waals surface area contributed by atoms with Crippen molar-refractivity contribution in [3.63, 3.8) is 0 Å². The van der Waals surface area contributed by atoms with Gasteiger partial charge in [0.2, 0.25) is 0 Å². The molecule has 1 aliphatic heterocycles. The molecule has 0 aromatic heterocycles. The molecule has 94 valence electrons. The van der Waals surface area contributed by atoms with Crippen LogP contribution in [0.4, 0.5) is 4.79 Å². The molecular formula is C7H14N2O7. The summed E-state index contributed by atoms with van der Waals surface area (Å²) in [5, 5.41) is 48.0. The van der Waals surface area contributed by atoms with Gasteiger partial charge in [0, 0.05) is 0 Å². The van der Waals surface area contributed by atoms with Crippen molar-refractivity contribution in [3.8, 4) is 0 Å². The standard InChI is InChI=1S/C7H14N2O7/c8-6(14)9-7(15,1-10)4-2(11)3(12)5(13)16-4/h2-5,10-13,15H,1H2,(H3,8,9,14)/t2-,3-,4+,5-,7+/m0/s1. The SMILES string of the molecule is NC(=O)N[C@@](O)(CO)[C@@H]1O[C@H](O)[C@@H](O)[C@@H]1O. The molecule has 0 aliphatic carbocycles. The molecule has 2 amide bonds. The number of primary amides is 1. The van der Waals surface area contributed by atoms with Crippen molar-refractivity contribution >= 4 is 6.03 Å². The Morgan fingerprint density at radius 1 is 1.38 bits per heavy atom. The summed E-state index contributed by atoms with van der Waals surface area (Å²) in [7, 11) is 0. The Bertz CT molecular complexity index is 275. The monoisotopic (exact) mass is 238 g/mol. The second kappa shape index (κ2) is 4.49. The maximum atomic E-state index is 10.6. The van der Waals surface area contributed by atoms with Crippen LogP contribution in [0.2, 0.25) is 0 Å². The molecule has 0 spiro atoms. The zero-order valence-electron chi connectivity index (χ0n) is 8.15. The molecule has 9 nitrogen and oxygen atoms in total. The molecule has 1 saturated heterocycles. The van der Waals surface area contributed by atoms with E-state index in [0.29, 0.717) is 0 Å². The summed E-state index contributed by atoms with van der Waals surface area (Å²) < 4.78 is 4.62. The van der Waals surface area contributed by atoms with Crippen molar-refractivity contribution in [3.05, 3.63) is 0 Å². The molecular weight excluding hydrogens is 224 g/mol. The highest BCUT2D eigenvalue weighted by atomic mass is 16.7. The van der Waals surface area contributed by atoms with Crippen molar-refractivity contribution < 1.29 is 35.1 Å². The molecule has 9 heteroatoms. The summed E-state index contributed by atoms with van der Waals surface area (Å²) in [6.07, 6.45) is -6.67. The lowest BCUT2D eigenvalue weighted by molar-refractivity contribution is -0.191. The molecule has 0 saturated carbocycles. The Labute approximate surface area is 90.1 Å². The van der Waals surface area contributed by atoms with Crippen LogP contribution in [-0.4, -0.2) is 68.5 Å². The summed E-state index contributed by atoms with van der Waals surface area (Å²) in [5.74, 6) is 0. The molecule has 1 aliphatic rings. The van der Waals surface area contributed by atoms with E-state index in [9.17, 15) is 15.0 Å². The number of urea groups is 1. The number of hydrogen-bond acceptors (Lipinski definition) is 7. The quantitative estimate of drug-likeness (QED) is 0.245. The fraction of sp³-hybridized carbons (Fsp3) is 0.857. The van der Waals surface area contributed by atoms with E-state index in [4.69, 9.17) is 21.1 Å². The van der Waals surface area contributed by atoms with E-state index in [1.54, 1.807) is 5.32 Å². The highest BCUT2D eigenvalue weighted by molar-refractivity contribution is 5.72. The van der Waals surface area contributed by atoms with Crippen molar-refractivity contribution in [2.45, 2.75) is 30.3 Å². The average molecular weight is 238 g/mol. The summed E-state index contributed by atoms with van der Waals surface area (Å²) in [6.45, 7) is -1.02. The predicted molar refractivity (Wildman–Crippen MR) is 47.6 cm³/mol. The number of amides is 2. The molecule has 0 radical (unpaired) electrons. The van der Waals surface area contributed by atoms with Crippen molar-refractivity contribution in [2.24, 2.45) is 5.73 Å². The number of hydrogen-bond donors (Lipinski definition) is 7. The maximum Gasteiger partial charge on any atom is 0.314 e. The lowest BCUT2D eigenvalue weighted by Gasteiger charge is -2.33. The molecule has 5 atom stereocenters. The van der Waals surface area contributed by atoms with Gasteiger partial charge in [-0.1, -0.05) is 0 Å². The topological polar surface area (TPSA) is 166 Å². The van der Waals surface area contributed by atoms with E-state index in [-0.39, 0.29) is 0 Å². The highest BCUT2D eigenvalue weighted by Crippen LogP contribution is 2.26. The molecule has 0 aromatic carbocycles. The van der Waals surface area contributed by atoms with Gasteiger partial charge in [-0.25, -0.2) is 4.79 Å². The Morgan fingerprint density at radius 3 is 2.25 bits per heavy atom. The number of aliphatic hydroxyl groups is 5. The van der Waals surface area contributed by atoms with Crippen LogP contribution in [0.25, 0.3) is 0 Å². The Kier molecular flexibility index (Phi) is 3.68. The van der Waals surface area contributed by atoms with Crippen LogP contribution >= 0.6 is 0 Å². The van der Waals surface area contributed by atoms with Gasteiger partial charge in [0.25, 0.3) is 0 Å². The molecule has 1 heterocycles. The zero-order chi connectivity index (χ0) is 12.5. The third-order valence-electron chi connectivity index (χ3n) is 2.29. The summed E-state index contributed by atoms with van der Waals surface area (Å²) in [5.41, 5.74) is 2.37. The smallest absolute Gasteiger partial charge is 0.314 e. The minimum Gasteiger partial charge on any atom is -0.391 e. The van der Waals surface area contributed by atoms with Gasteiger partial charge in [-0.2, -0.15) is 0 Å². The fourth-order valence-corrected chi connectivity index (χ4v) is 1.47. The van der Waals surface area contributed by atoms with Gasteiger partial charge in [0.05, 0.1) is 6.61 Å². The van der Waals surface area contributed by atoms with E-state index in [0.717, 1.165) is 0 Å². The Hall–Kier alpha value is -0.970. The van der Waals surface area contributed by atoms with E-state index >= 15 is 0 Å². The molecule has 0 unspecified atom stereocenters. The third kappa shape index (κ3) is 2.24. The summed E-state index contributed by atoms with van der Waals surface area (Å²) in [6, 6.07) is -1.16. The molecule has 1 fully saturated rings. The van der Waals surface area contributed by atoms with Gasteiger partial charge in [-0.15, -0.1) is 0 Å². The molecule has 0 bridgehead atoms. The largest absolute Gasteiger partial charge is 0.391 e. The van der Waals surface area contributed by atoms with Gasteiger partial charge in [0.1, 0.15) is 18.3 Å². The molecule has 8 N–H and O–H groups in total. The third-order valence-corrected chi connectivity index (χ3v) is 2.29. The van der Waals surface area contributed by atoms with E-state index in [1.807, 2.05) is 0 Å². The summed E-state index contributed by atoms with van der Waals surface area (Å²) in [4.78, 5) is 10.6. The second-order valence-electron chi connectivity index (χ2n) is 3.50. The molecule has 1 rings (SSSR count). The number of carbonyl (C=O) groups is 1. The van der Waals surface area contributed by atoms with E-state index in [1.165, 1.54) is 0 Å². The van der Waals surface area contributed by atoms with E-state index in [2.05, 4.69) is 4.74 Å². The predicted octanol–water partition coefficient (Wildman–Crippen LogP) is -4.23. The number of aliphatic hydroxyl groups excluding tert-OH is 4. The lowest BCUT2D eigenvalue weighted by Crippen LogP contribution is -2.63. The number of nitrogens with one attached hydrogen (secondary N) is 1. The highest BCUT2D eigenvalue weighted by Gasteiger charge is 2.53. The van der Waals surface area contributed by atoms with E-state index < -0.39 is 43.0 Å². The van der Waals surface area contributed by atoms with Crippen molar-refractivity contribution in [2.75, 3.05) is 6.61 Å². The van der Waals surface area contributed by atoms with Crippen molar-refractivity contribution in [1.82, 2.24) is 5.32 Å². The maximum absolute atomic E-state index is 10.6. The van der Waals surface area contributed by atoms with Crippen LogP contribution in [0.3, 0.4) is 0 Å². The second-order valence-corrected chi connectivity index (χ2v) is 3.50. The minimum absolute atomic E-state index is 1.02. The first kappa shape index (κ1) is 13.1. The first-order valence-electron chi connectivity index (χ1n) is 4.42. The Morgan fingerprint density at radius 2 is 1.94 bits per heavy atom. The van der Waals surface area contributed by atoms with Crippen molar-refractivity contribution in [1.29, 1.82) is 0 Å². The number of nitrogens with two attached hydrogens (primary N) is 1.